The van der Waals surface area contributed by atoms with E-state index in [1.807, 2.05) is 28.8 Å². The molecule has 1 amide bonds. The number of furan rings is 1. The molecule has 1 atom stereocenters. The highest BCUT2D eigenvalue weighted by Gasteiger charge is 2.19. The van der Waals surface area contributed by atoms with E-state index in [9.17, 15) is 9.59 Å². The third kappa shape index (κ3) is 3.21. The zero-order valence-electron chi connectivity index (χ0n) is 15.7. The van der Waals surface area contributed by atoms with Gasteiger partial charge >= 0.3 is 0 Å². The predicted octanol–water partition coefficient (Wildman–Crippen LogP) is 2.20. The van der Waals surface area contributed by atoms with Crippen LogP contribution >= 0.6 is 0 Å². The van der Waals surface area contributed by atoms with Crippen molar-refractivity contribution >= 4 is 22.6 Å². The van der Waals surface area contributed by atoms with Crippen molar-refractivity contribution in [1.29, 1.82) is 0 Å². The highest BCUT2D eigenvalue weighted by atomic mass is 16.5. The number of nitrogens with zero attached hydrogens (tertiary/aromatic N) is 3. The van der Waals surface area contributed by atoms with E-state index in [2.05, 4.69) is 10.3 Å². The highest BCUT2D eigenvalue weighted by Crippen LogP contribution is 2.16. The number of rotatable bonds is 5. The first-order valence-corrected chi connectivity index (χ1v) is 9.64. The van der Waals surface area contributed by atoms with E-state index in [-0.39, 0.29) is 29.9 Å². The number of pyridine rings is 1. The second kappa shape index (κ2) is 7.21. The van der Waals surface area contributed by atoms with Crippen LogP contribution in [0, 0.1) is 0 Å². The normalized spacial score (nSPS) is 16.6. The average molecular weight is 392 g/mol. The van der Waals surface area contributed by atoms with Crippen LogP contribution in [-0.4, -0.2) is 39.1 Å². The Kier molecular flexibility index (Phi) is 4.40. The van der Waals surface area contributed by atoms with Crippen LogP contribution in [0.2, 0.25) is 0 Å². The lowest BCUT2D eigenvalue weighted by molar-refractivity contribution is 0.0833. The zero-order chi connectivity index (χ0) is 19.8. The number of carbonyl (C=O) groups excluding carboxylic acids is 1. The summed E-state index contributed by atoms with van der Waals surface area (Å²) < 4.78 is 14.6. The lowest BCUT2D eigenvalue weighted by Gasteiger charge is -2.10. The van der Waals surface area contributed by atoms with Gasteiger partial charge in [-0.25, -0.2) is 4.98 Å². The van der Waals surface area contributed by atoms with Crippen molar-refractivity contribution in [2.24, 2.45) is 0 Å². The van der Waals surface area contributed by atoms with Gasteiger partial charge in [0, 0.05) is 25.5 Å². The van der Waals surface area contributed by atoms with Crippen LogP contribution in [0.3, 0.4) is 0 Å². The van der Waals surface area contributed by atoms with Gasteiger partial charge in [0.15, 0.2) is 11.4 Å². The molecule has 29 heavy (non-hydrogen) atoms. The quantitative estimate of drug-likeness (QED) is 0.562. The molecule has 0 radical (unpaired) electrons. The zero-order valence-corrected chi connectivity index (χ0v) is 15.7. The Morgan fingerprint density at radius 2 is 2.10 bits per heavy atom. The largest absolute Gasteiger partial charge is 0.454 e. The van der Waals surface area contributed by atoms with Crippen LogP contribution in [0.15, 0.2) is 58.0 Å². The monoisotopic (exact) mass is 392 g/mol. The summed E-state index contributed by atoms with van der Waals surface area (Å²) in [6.45, 7) is 1.40. The maximum Gasteiger partial charge on any atom is 0.287 e. The molecule has 0 bridgehead atoms. The van der Waals surface area contributed by atoms with E-state index >= 15 is 0 Å². The van der Waals surface area contributed by atoms with Crippen LogP contribution in [-0.2, 0) is 11.3 Å². The summed E-state index contributed by atoms with van der Waals surface area (Å²) >= 11 is 0. The van der Waals surface area contributed by atoms with Gasteiger partial charge in [-0.15, -0.1) is 0 Å². The van der Waals surface area contributed by atoms with E-state index in [1.165, 1.54) is 0 Å². The van der Waals surface area contributed by atoms with Crippen LogP contribution in [0.4, 0.5) is 0 Å². The van der Waals surface area contributed by atoms with E-state index in [0.717, 1.165) is 25.0 Å². The Hall–Kier alpha value is -3.39. The molecule has 0 spiro atoms. The molecular weight excluding hydrogens is 372 g/mol. The number of amides is 1. The van der Waals surface area contributed by atoms with Crippen molar-refractivity contribution < 1.29 is 13.9 Å². The number of ether oxygens (including phenoxy) is 1. The predicted molar refractivity (Wildman–Crippen MR) is 106 cm³/mol. The second-order valence-corrected chi connectivity index (χ2v) is 7.11. The van der Waals surface area contributed by atoms with Crippen molar-refractivity contribution in [2.75, 3.05) is 13.2 Å². The third-order valence-electron chi connectivity index (χ3n) is 5.21. The minimum Gasteiger partial charge on any atom is -0.454 e. The second-order valence-electron chi connectivity index (χ2n) is 7.11. The lowest BCUT2D eigenvalue weighted by atomic mass is 10.2. The number of hydrogen-bond acceptors (Lipinski definition) is 5. The van der Waals surface area contributed by atoms with Gasteiger partial charge in [-0.3, -0.25) is 14.2 Å². The fourth-order valence-electron chi connectivity index (χ4n) is 3.77. The molecule has 8 nitrogen and oxygen atoms in total. The summed E-state index contributed by atoms with van der Waals surface area (Å²) in [5.74, 6) is 0.438. The minimum atomic E-state index is -0.288. The molecule has 1 aliphatic rings. The molecule has 4 aromatic heterocycles. The van der Waals surface area contributed by atoms with Crippen LogP contribution in [0.5, 0.6) is 0 Å². The smallest absolute Gasteiger partial charge is 0.287 e. The molecule has 5 heterocycles. The maximum absolute atomic E-state index is 13.0. The fourth-order valence-corrected chi connectivity index (χ4v) is 3.77. The van der Waals surface area contributed by atoms with Gasteiger partial charge < -0.3 is 18.9 Å². The van der Waals surface area contributed by atoms with Crippen molar-refractivity contribution in [1.82, 2.24) is 19.3 Å². The van der Waals surface area contributed by atoms with Gasteiger partial charge in [0.05, 0.1) is 18.2 Å². The molecule has 8 heteroatoms. The van der Waals surface area contributed by atoms with Gasteiger partial charge in [-0.2, -0.15) is 0 Å². The Morgan fingerprint density at radius 3 is 2.97 bits per heavy atom. The number of aromatic nitrogens is 3. The summed E-state index contributed by atoms with van der Waals surface area (Å²) in [4.78, 5) is 29.7. The summed E-state index contributed by atoms with van der Waals surface area (Å²) in [5, 5.41) is 2.84. The van der Waals surface area contributed by atoms with Crippen molar-refractivity contribution in [3.63, 3.8) is 0 Å². The van der Waals surface area contributed by atoms with Crippen molar-refractivity contribution in [3.8, 4) is 0 Å². The molecule has 0 aromatic carbocycles. The number of hydrogen-bond donors (Lipinski definition) is 1. The standard InChI is InChI=1S/C21H20N4O4/c26-20(23-12-14-4-3-11-28-14)18-8-7-15(29-18)13-25-19-16(5-1-9-22-19)24-10-2-6-17(24)21(25)27/h1-2,5-10,14H,3-4,11-13H2,(H,23,26)/t14-/m0/s1. The lowest BCUT2D eigenvalue weighted by Crippen LogP contribution is -2.31. The topological polar surface area (TPSA) is 90.8 Å². The Balaban J connectivity index is 1.42. The molecule has 0 aliphatic carbocycles. The molecule has 1 N–H and O–H groups in total. The van der Waals surface area contributed by atoms with Gasteiger partial charge in [0.2, 0.25) is 0 Å². The molecule has 148 valence electrons. The molecule has 4 aromatic rings. The number of carbonyl (C=O) groups is 1. The number of fused-ring (bicyclic) bond motifs is 3. The summed E-state index contributed by atoms with van der Waals surface area (Å²) in [7, 11) is 0. The third-order valence-corrected chi connectivity index (χ3v) is 5.21. The van der Waals surface area contributed by atoms with Gasteiger partial charge in [0.1, 0.15) is 11.3 Å². The Morgan fingerprint density at radius 1 is 1.21 bits per heavy atom. The molecule has 1 saturated heterocycles. The number of nitrogens with one attached hydrogen (secondary N) is 1. The van der Waals surface area contributed by atoms with Gasteiger partial charge in [-0.1, -0.05) is 0 Å². The van der Waals surface area contributed by atoms with Crippen LogP contribution in [0.1, 0.15) is 29.2 Å². The molecule has 0 saturated carbocycles. The summed E-state index contributed by atoms with van der Waals surface area (Å²) in [5.41, 5.74) is 1.78. The Bertz CT molecular complexity index is 1250. The van der Waals surface area contributed by atoms with Gasteiger partial charge in [0.25, 0.3) is 11.5 Å². The maximum atomic E-state index is 13.0. The molecule has 5 rings (SSSR count). The van der Waals surface area contributed by atoms with Crippen LogP contribution < -0.4 is 10.9 Å². The van der Waals surface area contributed by atoms with E-state index in [4.69, 9.17) is 9.15 Å². The van der Waals surface area contributed by atoms with Crippen molar-refractivity contribution in [2.45, 2.75) is 25.5 Å². The van der Waals surface area contributed by atoms with Gasteiger partial charge in [-0.05, 0) is 49.2 Å². The Labute approximate surface area is 165 Å². The fraction of sp³-hybridized carbons (Fsp3) is 0.286. The van der Waals surface area contributed by atoms with Crippen LogP contribution in [0.25, 0.3) is 16.7 Å². The summed E-state index contributed by atoms with van der Waals surface area (Å²) in [6.07, 6.45) is 5.54. The van der Waals surface area contributed by atoms with E-state index < -0.39 is 0 Å². The van der Waals surface area contributed by atoms with Crippen molar-refractivity contribution in [3.05, 3.63) is 70.7 Å². The molecule has 1 fully saturated rings. The SMILES string of the molecule is O=C(NC[C@@H]1CCCO1)c1ccc(Cn2c(=O)c3cccn3c3cccnc32)o1. The molecule has 1 aliphatic heterocycles. The molecule has 0 unspecified atom stereocenters. The highest BCUT2D eigenvalue weighted by molar-refractivity contribution is 5.91. The first kappa shape index (κ1) is 17.7. The molecular formula is C21H20N4O4. The summed E-state index contributed by atoms with van der Waals surface area (Å²) in [6, 6.07) is 10.7. The average Bonchev–Trinajstić information content (AvgIpc) is 3.51. The van der Waals surface area contributed by atoms with E-state index in [0.29, 0.717) is 23.5 Å². The minimum absolute atomic E-state index is 0.0678. The first-order valence-electron chi connectivity index (χ1n) is 9.64. The first-order chi connectivity index (χ1) is 14.2. The van der Waals surface area contributed by atoms with E-state index in [1.54, 1.807) is 29.0 Å².